The third-order valence-electron chi connectivity index (χ3n) is 1.87. The van der Waals surface area contributed by atoms with E-state index in [-0.39, 0.29) is 19.0 Å². The number of ether oxygens (including phenoxy) is 2. The molecule has 1 rings (SSSR count). The quantitative estimate of drug-likeness (QED) is 0.440. The average Bonchev–Trinajstić information content (AvgIpc) is 2.30. The molecule has 1 aromatic carbocycles. The molecule has 0 aliphatic rings. The van der Waals surface area contributed by atoms with Crippen molar-refractivity contribution in [1.29, 1.82) is 0 Å². The minimum absolute atomic E-state index is 0.0211. The van der Waals surface area contributed by atoms with Crippen LogP contribution < -0.4 is 10.5 Å². The molecule has 0 radical (unpaired) electrons. The van der Waals surface area contributed by atoms with Crippen LogP contribution in [0.3, 0.4) is 0 Å². The van der Waals surface area contributed by atoms with E-state index in [0.29, 0.717) is 13.2 Å². The fraction of sp³-hybridized carbons (Fsp3) is 0.400. The van der Waals surface area contributed by atoms with Crippen LogP contribution in [0.5, 0.6) is 5.75 Å². The van der Waals surface area contributed by atoms with Crippen molar-refractivity contribution in [2.45, 2.75) is 0 Å². The summed E-state index contributed by atoms with van der Waals surface area (Å²) >= 11 is 0. The molecule has 0 aromatic heterocycles. The summed E-state index contributed by atoms with van der Waals surface area (Å²) in [7, 11) is 0. The van der Waals surface area contributed by atoms with Crippen molar-refractivity contribution in [3.8, 4) is 5.75 Å². The topological polar surface area (TPSA) is 87.6 Å². The highest BCUT2D eigenvalue weighted by Gasteiger charge is 2.15. The van der Waals surface area contributed by atoms with E-state index in [2.05, 4.69) is 0 Å². The maximum Gasteiger partial charge on any atom is 0.313 e. The third-order valence-corrected chi connectivity index (χ3v) is 1.87. The maximum atomic E-state index is 12.8. The Kier molecular flexibility index (Phi) is 5.31. The monoisotopic (exact) mass is 244 g/mol. The van der Waals surface area contributed by atoms with Crippen LogP contribution in [0.4, 0.5) is 10.1 Å². The van der Waals surface area contributed by atoms with E-state index >= 15 is 0 Å². The van der Waals surface area contributed by atoms with Crippen LogP contribution in [0.15, 0.2) is 18.2 Å². The Balaban J connectivity index is 2.55. The Hall–Kier alpha value is -1.73. The van der Waals surface area contributed by atoms with E-state index in [1.807, 2.05) is 0 Å². The van der Waals surface area contributed by atoms with Gasteiger partial charge < -0.3 is 15.2 Å². The SMILES string of the molecule is NCCOCCOc1ccc(F)cc1[N+](=O)[O-]. The lowest BCUT2D eigenvalue weighted by molar-refractivity contribution is -0.386. The van der Waals surface area contributed by atoms with Crippen LogP contribution in [0.25, 0.3) is 0 Å². The Morgan fingerprint density at radius 1 is 1.35 bits per heavy atom. The van der Waals surface area contributed by atoms with Crippen molar-refractivity contribution in [2.24, 2.45) is 5.73 Å². The van der Waals surface area contributed by atoms with E-state index < -0.39 is 16.4 Å². The van der Waals surface area contributed by atoms with Crippen molar-refractivity contribution >= 4 is 5.69 Å². The zero-order valence-corrected chi connectivity index (χ0v) is 9.10. The molecule has 7 heteroatoms. The minimum atomic E-state index is -0.695. The van der Waals surface area contributed by atoms with E-state index in [9.17, 15) is 14.5 Å². The molecular weight excluding hydrogens is 231 g/mol. The fourth-order valence-corrected chi connectivity index (χ4v) is 1.15. The first kappa shape index (κ1) is 13.3. The molecule has 0 saturated heterocycles. The standard InChI is InChI=1S/C10H13FN2O4/c11-8-1-2-10(9(7-8)13(14)15)17-6-5-16-4-3-12/h1-2,7H,3-6,12H2. The summed E-state index contributed by atoms with van der Waals surface area (Å²) in [6.45, 7) is 1.21. The van der Waals surface area contributed by atoms with Crippen molar-refractivity contribution in [1.82, 2.24) is 0 Å². The van der Waals surface area contributed by atoms with Gasteiger partial charge in [0.1, 0.15) is 12.4 Å². The molecule has 94 valence electrons. The van der Waals surface area contributed by atoms with E-state index in [1.54, 1.807) is 0 Å². The number of nitro groups is 1. The molecule has 0 aliphatic carbocycles. The van der Waals surface area contributed by atoms with Gasteiger partial charge in [-0.25, -0.2) is 4.39 Å². The summed E-state index contributed by atoms with van der Waals surface area (Å²) in [5.41, 5.74) is 4.81. The van der Waals surface area contributed by atoms with Crippen LogP contribution >= 0.6 is 0 Å². The highest BCUT2D eigenvalue weighted by atomic mass is 19.1. The Bertz CT molecular complexity index is 387. The number of hydrogen-bond donors (Lipinski definition) is 1. The van der Waals surface area contributed by atoms with E-state index in [4.69, 9.17) is 15.2 Å². The lowest BCUT2D eigenvalue weighted by Crippen LogP contribution is -2.13. The van der Waals surface area contributed by atoms with Gasteiger partial charge in [-0.15, -0.1) is 0 Å². The molecular formula is C10H13FN2O4. The van der Waals surface area contributed by atoms with Gasteiger partial charge in [0.2, 0.25) is 0 Å². The van der Waals surface area contributed by atoms with Gasteiger partial charge in [0.25, 0.3) is 0 Å². The molecule has 0 bridgehead atoms. The normalized spacial score (nSPS) is 10.2. The highest BCUT2D eigenvalue weighted by molar-refractivity contribution is 5.46. The van der Waals surface area contributed by atoms with Crippen molar-refractivity contribution in [2.75, 3.05) is 26.4 Å². The summed E-state index contributed by atoms with van der Waals surface area (Å²) in [4.78, 5) is 9.92. The predicted molar refractivity (Wildman–Crippen MR) is 58.4 cm³/mol. The fourth-order valence-electron chi connectivity index (χ4n) is 1.15. The first-order valence-corrected chi connectivity index (χ1v) is 4.99. The number of rotatable bonds is 7. The molecule has 0 heterocycles. The molecule has 0 fully saturated rings. The number of benzene rings is 1. The summed E-state index contributed by atoms with van der Waals surface area (Å²) in [6.07, 6.45) is 0. The van der Waals surface area contributed by atoms with Crippen LogP contribution in [-0.2, 0) is 4.74 Å². The van der Waals surface area contributed by atoms with Gasteiger partial charge in [-0.2, -0.15) is 0 Å². The van der Waals surface area contributed by atoms with Gasteiger partial charge in [0.15, 0.2) is 5.75 Å². The van der Waals surface area contributed by atoms with Crippen LogP contribution in [0.2, 0.25) is 0 Å². The number of halogens is 1. The second-order valence-electron chi connectivity index (χ2n) is 3.12. The van der Waals surface area contributed by atoms with Crippen LogP contribution in [0.1, 0.15) is 0 Å². The summed E-state index contributed by atoms with van der Waals surface area (Å²) in [5, 5.41) is 10.6. The number of nitro benzene ring substituents is 1. The first-order chi connectivity index (χ1) is 8.15. The molecule has 0 amide bonds. The maximum absolute atomic E-state index is 12.8. The van der Waals surface area contributed by atoms with Crippen LogP contribution in [0, 0.1) is 15.9 Å². The zero-order valence-electron chi connectivity index (χ0n) is 9.10. The van der Waals surface area contributed by atoms with Gasteiger partial charge in [-0.3, -0.25) is 10.1 Å². The predicted octanol–water partition coefficient (Wildman–Crippen LogP) is 1.09. The first-order valence-electron chi connectivity index (χ1n) is 4.99. The molecule has 0 atom stereocenters. The number of hydrogen-bond acceptors (Lipinski definition) is 5. The van der Waals surface area contributed by atoms with Crippen molar-refractivity contribution in [3.05, 3.63) is 34.1 Å². The molecule has 0 aliphatic heterocycles. The lowest BCUT2D eigenvalue weighted by Gasteiger charge is -2.06. The van der Waals surface area contributed by atoms with Crippen molar-refractivity contribution in [3.63, 3.8) is 0 Å². The second kappa shape index (κ2) is 6.77. The third kappa shape index (κ3) is 4.33. The molecule has 6 nitrogen and oxygen atoms in total. The van der Waals surface area contributed by atoms with Crippen molar-refractivity contribution < 1.29 is 18.8 Å². The lowest BCUT2D eigenvalue weighted by atomic mass is 10.3. The molecule has 17 heavy (non-hydrogen) atoms. The van der Waals surface area contributed by atoms with E-state index in [0.717, 1.165) is 12.1 Å². The van der Waals surface area contributed by atoms with Crippen LogP contribution in [-0.4, -0.2) is 31.3 Å². The molecule has 1 aromatic rings. The second-order valence-corrected chi connectivity index (χ2v) is 3.12. The molecule has 0 saturated carbocycles. The largest absolute Gasteiger partial charge is 0.484 e. The summed E-state index contributed by atoms with van der Waals surface area (Å²) < 4.78 is 23.0. The highest BCUT2D eigenvalue weighted by Crippen LogP contribution is 2.27. The van der Waals surface area contributed by atoms with Gasteiger partial charge in [0, 0.05) is 6.54 Å². The van der Waals surface area contributed by atoms with Gasteiger partial charge in [-0.1, -0.05) is 0 Å². The minimum Gasteiger partial charge on any atom is -0.484 e. The molecule has 0 spiro atoms. The number of nitrogens with zero attached hydrogens (tertiary/aromatic N) is 1. The Labute approximate surface area is 97.3 Å². The Morgan fingerprint density at radius 3 is 2.76 bits per heavy atom. The Morgan fingerprint density at radius 2 is 2.12 bits per heavy atom. The zero-order chi connectivity index (χ0) is 12.7. The van der Waals surface area contributed by atoms with Gasteiger partial charge >= 0.3 is 5.69 Å². The van der Waals surface area contributed by atoms with E-state index in [1.165, 1.54) is 6.07 Å². The number of nitrogens with two attached hydrogens (primary N) is 1. The smallest absolute Gasteiger partial charge is 0.313 e. The summed E-state index contributed by atoms with van der Waals surface area (Å²) in [6, 6.07) is 3.13. The average molecular weight is 244 g/mol. The molecule has 2 N–H and O–H groups in total. The molecule has 0 unspecified atom stereocenters. The van der Waals surface area contributed by atoms with Gasteiger partial charge in [-0.05, 0) is 12.1 Å². The van der Waals surface area contributed by atoms with Gasteiger partial charge in [0.05, 0.1) is 24.2 Å². The summed E-state index contributed by atoms with van der Waals surface area (Å²) in [5.74, 6) is -0.656.